The van der Waals surface area contributed by atoms with Crippen molar-refractivity contribution in [2.75, 3.05) is 4.90 Å². The lowest BCUT2D eigenvalue weighted by Gasteiger charge is -2.31. The molecule has 230 valence electrons. The summed E-state index contributed by atoms with van der Waals surface area (Å²) in [7, 11) is 0. The summed E-state index contributed by atoms with van der Waals surface area (Å²) in [6.45, 7) is 15.6. The number of allylic oxidation sites excluding steroid dienone is 1. The second kappa shape index (κ2) is 14.0. The molecule has 5 aromatic rings. The molecule has 0 spiro atoms. The van der Waals surface area contributed by atoms with Crippen molar-refractivity contribution in [2.45, 2.75) is 71.1 Å². The van der Waals surface area contributed by atoms with Gasteiger partial charge in [0.15, 0.2) is 0 Å². The van der Waals surface area contributed by atoms with E-state index in [1.165, 1.54) is 29.5 Å². The largest absolute Gasteiger partial charge is 0.457 e. The lowest BCUT2D eigenvalue weighted by Crippen LogP contribution is -2.20. The first kappa shape index (κ1) is 31.9. The van der Waals surface area contributed by atoms with Crippen molar-refractivity contribution in [2.24, 2.45) is 0 Å². The summed E-state index contributed by atoms with van der Waals surface area (Å²) in [5.41, 5.74) is 8.57. The number of benzene rings is 5. The maximum Gasteiger partial charge on any atom is 0.127 e. The van der Waals surface area contributed by atoms with Crippen molar-refractivity contribution in [1.29, 1.82) is 0 Å². The van der Waals surface area contributed by atoms with E-state index >= 15 is 0 Å². The Kier molecular flexibility index (Phi) is 9.93. The molecule has 0 aliphatic heterocycles. The first-order valence-electron chi connectivity index (χ1n) is 16.4. The van der Waals surface area contributed by atoms with E-state index in [0.29, 0.717) is 0 Å². The van der Waals surface area contributed by atoms with Crippen LogP contribution < -0.4 is 9.64 Å². The van der Waals surface area contributed by atoms with Crippen molar-refractivity contribution < 1.29 is 4.74 Å². The predicted molar refractivity (Wildman–Crippen MR) is 193 cm³/mol. The molecule has 0 saturated carbocycles. The van der Waals surface area contributed by atoms with Gasteiger partial charge in [0, 0.05) is 22.5 Å². The number of anilines is 3. The van der Waals surface area contributed by atoms with Crippen LogP contribution in [-0.2, 0) is 10.8 Å². The van der Waals surface area contributed by atoms with E-state index in [1.807, 2.05) is 42.5 Å². The molecule has 0 radical (unpaired) electrons. The lowest BCUT2D eigenvalue weighted by atomic mass is 9.76. The van der Waals surface area contributed by atoms with Crippen LogP contribution in [-0.4, -0.2) is 0 Å². The molecule has 5 rings (SSSR count). The maximum atomic E-state index is 6.00. The van der Waals surface area contributed by atoms with Gasteiger partial charge in [-0.3, -0.25) is 0 Å². The van der Waals surface area contributed by atoms with Crippen LogP contribution in [0.1, 0.15) is 71.4 Å². The van der Waals surface area contributed by atoms with Crippen molar-refractivity contribution in [3.05, 3.63) is 151 Å². The fourth-order valence-corrected chi connectivity index (χ4v) is 6.14. The molecule has 2 nitrogen and oxygen atoms in total. The van der Waals surface area contributed by atoms with Gasteiger partial charge in [-0.2, -0.15) is 0 Å². The third kappa shape index (κ3) is 7.07. The average Bonchev–Trinajstić information content (AvgIpc) is 3.10. The Balaban J connectivity index is 1.47. The Bertz CT molecular complexity index is 1650. The Labute approximate surface area is 271 Å². The lowest BCUT2D eigenvalue weighted by molar-refractivity contribution is 0.414. The summed E-state index contributed by atoms with van der Waals surface area (Å²) >= 11 is 0. The molecule has 0 heterocycles. The van der Waals surface area contributed by atoms with Gasteiger partial charge in [0.05, 0.1) is 0 Å². The predicted octanol–water partition coefficient (Wildman–Crippen LogP) is 12.9. The molecule has 0 bridgehead atoms. The van der Waals surface area contributed by atoms with Gasteiger partial charge in [0.25, 0.3) is 0 Å². The van der Waals surface area contributed by atoms with Crippen molar-refractivity contribution in [3.63, 3.8) is 0 Å². The van der Waals surface area contributed by atoms with Crippen LogP contribution in [0.2, 0.25) is 0 Å². The topological polar surface area (TPSA) is 12.5 Å². The molecular formula is C43H47NO. The molecule has 0 aliphatic rings. The number of rotatable bonds is 13. The number of hydrogen-bond donors (Lipinski definition) is 0. The highest BCUT2D eigenvalue weighted by Crippen LogP contribution is 2.40. The van der Waals surface area contributed by atoms with E-state index in [1.54, 1.807) is 0 Å². The molecule has 0 fully saturated rings. The smallest absolute Gasteiger partial charge is 0.127 e. The SMILES string of the molecule is C=CC(C)(CC)c1ccc(N(c2ccc(-c3ccc(Oc4ccccc4)cc3)cc2)c2ccc(C(C)(CC)CCC)cc2)cc1. The summed E-state index contributed by atoms with van der Waals surface area (Å²) in [5, 5.41) is 0. The zero-order chi connectivity index (χ0) is 31.9. The van der Waals surface area contributed by atoms with Crippen LogP contribution in [0.25, 0.3) is 11.1 Å². The van der Waals surface area contributed by atoms with E-state index in [9.17, 15) is 0 Å². The Morgan fingerprint density at radius 3 is 1.51 bits per heavy atom. The quantitative estimate of drug-likeness (QED) is 0.126. The normalized spacial score (nSPS) is 13.8. The molecule has 0 aromatic heterocycles. The zero-order valence-corrected chi connectivity index (χ0v) is 27.6. The summed E-state index contributed by atoms with van der Waals surface area (Å²) in [6.07, 6.45) is 6.58. The van der Waals surface area contributed by atoms with Crippen LogP contribution in [0.3, 0.4) is 0 Å². The number of para-hydroxylation sites is 1. The number of hydrogen-bond acceptors (Lipinski definition) is 2. The highest BCUT2D eigenvalue weighted by molar-refractivity contribution is 5.78. The molecule has 0 saturated heterocycles. The van der Waals surface area contributed by atoms with Gasteiger partial charge in [0.1, 0.15) is 11.5 Å². The second-order valence-electron chi connectivity index (χ2n) is 12.6. The van der Waals surface area contributed by atoms with Crippen molar-refractivity contribution >= 4 is 17.1 Å². The van der Waals surface area contributed by atoms with Crippen LogP contribution in [0.15, 0.2) is 140 Å². The Morgan fingerprint density at radius 2 is 1.04 bits per heavy atom. The van der Waals surface area contributed by atoms with Crippen LogP contribution in [0, 0.1) is 0 Å². The van der Waals surface area contributed by atoms with Crippen LogP contribution in [0.5, 0.6) is 11.5 Å². The summed E-state index contributed by atoms with van der Waals surface area (Å²) in [4.78, 5) is 2.36. The molecule has 5 aromatic carbocycles. The Morgan fingerprint density at radius 1 is 0.578 bits per heavy atom. The highest BCUT2D eigenvalue weighted by Gasteiger charge is 2.24. The van der Waals surface area contributed by atoms with E-state index in [-0.39, 0.29) is 10.8 Å². The molecule has 0 amide bonds. The molecule has 2 heteroatoms. The van der Waals surface area contributed by atoms with E-state index in [4.69, 9.17) is 4.74 Å². The van der Waals surface area contributed by atoms with Gasteiger partial charge in [-0.15, -0.1) is 6.58 Å². The second-order valence-corrected chi connectivity index (χ2v) is 12.6. The average molecular weight is 594 g/mol. The Hall–Kier alpha value is -4.56. The minimum Gasteiger partial charge on any atom is -0.457 e. The summed E-state index contributed by atoms with van der Waals surface area (Å²) in [5.74, 6) is 1.66. The first-order valence-corrected chi connectivity index (χ1v) is 16.4. The van der Waals surface area contributed by atoms with Gasteiger partial charge in [-0.25, -0.2) is 0 Å². The van der Waals surface area contributed by atoms with E-state index in [0.717, 1.165) is 47.0 Å². The fourth-order valence-electron chi connectivity index (χ4n) is 6.14. The maximum absolute atomic E-state index is 6.00. The van der Waals surface area contributed by atoms with Crippen molar-refractivity contribution in [1.82, 2.24) is 0 Å². The molecule has 2 atom stereocenters. The molecular weight excluding hydrogens is 546 g/mol. The highest BCUT2D eigenvalue weighted by atomic mass is 16.5. The van der Waals surface area contributed by atoms with Crippen LogP contribution >= 0.6 is 0 Å². The number of nitrogens with zero attached hydrogens (tertiary/aromatic N) is 1. The first-order chi connectivity index (χ1) is 21.8. The minimum atomic E-state index is -0.0434. The van der Waals surface area contributed by atoms with Crippen molar-refractivity contribution in [3.8, 4) is 22.6 Å². The van der Waals surface area contributed by atoms with Gasteiger partial charge in [-0.05, 0) is 108 Å². The third-order valence-corrected chi connectivity index (χ3v) is 9.67. The monoisotopic (exact) mass is 593 g/mol. The summed E-state index contributed by atoms with van der Waals surface area (Å²) < 4.78 is 6.00. The van der Waals surface area contributed by atoms with Gasteiger partial charge < -0.3 is 9.64 Å². The third-order valence-electron chi connectivity index (χ3n) is 9.67. The standard InChI is InChI=1S/C43H47NO/c1-7-32-43(6,10-4)36-22-28-39(29-23-36)44(38-26-20-35(21-27-38)42(5,8-2)9-3)37-24-16-33(17-25-37)34-18-30-41(31-19-34)45-40-14-12-11-13-15-40/h8,11-31H,2,7,9-10,32H2,1,3-6H3. The van der Waals surface area contributed by atoms with E-state index in [2.05, 4.69) is 137 Å². The molecule has 0 N–H and O–H groups in total. The molecule has 0 aliphatic carbocycles. The van der Waals surface area contributed by atoms with Crippen LogP contribution in [0.4, 0.5) is 17.1 Å². The van der Waals surface area contributed by atoms with Gasteiger partial charge in [0.2, 0.25) is 0 Å². The molecule has 2 unspecified atom stereocenters. The number of ether oxygens (including phenoxy) is 1. The van der Waals surface area contributed by atoms with Gasteiger partial charge >= 0.3 is 0 Å². The minimum absolute atomic E-state index is 0.0434. The summed E-state index contributed by atoms with van der Waals surface area (Å²) in [6, 6.07) is 45.3. The zero-order valence-electron chi connectivity index (χ0n) is 27.6. The fraction of sp³-hybridized carbons (Fsp3) is 0.256. The van der Waals surface area contributed by atoms with E-state index < -0.39 is 0 Å². The molecule has 45 heavy (non-hydrogen) atoms. The van der Waals surface area contributed by atoms with Gasteiger partial charge in [-0.1, -0.05) is 114 Å².